The highest BCUT2D eigenvalue weighted by atomic mass is 16.5. The molecule has 1 fully saturated rings. The van der Waals surface area contributed by atoms with Gasteiger partial charge in [0.2, 0.25) is 5.91 Å². The van der Waals surface area contributed by atoms with E-state index < -0.39 is 6.04 Å². The Bertz CT molecular complexity index is 510. The molecular weight excluding hydrogens is 292 g/mol. The lowest BCUT2D eigenvalue weighted by Crippen LogP contribution is -2.49. The lowest BCUT2D eigenvalue weighted by atomic mass is 10.0. The van der Waals surface area contributed by atoms with Crippen molar-refractivity contribution in [3.8, 4) is 0 Å². The van der Waals surface area contributed by atoms with Crippen molar-refractivity contribution in [2.75, 3.05) is 6.54 Å². The van der Waals surface area contributed by atoms with E-state index in [1.165, 1.54) is 0 Å². The Labute approximate surface area is 137 Å². The molecule has 1 saturated heterocycles. The Balaban J connectivity index is 1.90. The molecule has 1 aliphatic heterocycles. The molecular formula is C18H26N2O3. The molecule has 1 amide bonds. The maximum atomic E-state index is 12.3. The smallest absolute Gasteiger partial charge is 0.328 e. The van der Waals surface area contributed by atoms with Crippen molar-refractivity contribution in [3.05, 3.63) is 35.9 Å². The number of amides is 1. The summed E-state index contributed by atoms with van der Waals surface area (Å²) in [4.78, 5) is 24.6. The second-order valence-corrected chi connectivity index (χ2v) is 6.43. The molecule has 0 spiro atoms. The Hall–Kier alpha value is -1.88. The van der Waals surface area contributed by atoms with E-state index in [2.05, 4.69) is 10.6 Å². The first-order chi connectivity index (χ1) is 11.1. The summed E-state index contributed by atoms with van der Waals surface area (Å²) in [6.45, 7) is 5.13. The second kappa shape index (κ2) is 8.67. The number of ether oxygens (including phenoxy) is 1. The normalized spacial score (nSPS) is 18.7. The molecule has 0 unspecified atom stereocenters. The SMILES string of the molecule is CC(C)C[C@H](NC(=O)[C@H]1CCCN1)C(=O)OCc1ccccc1. The molecule has 2 atom stereocenters. The van der Waals surface area contributed by atoms with Crippen LogP contribution >= 0.6 is 0 Å². The maximum Gasteiger partial charge on any atom is 0.328 e. The number of hydrogen-bond acceptors (Lipinski definition) is 4. The fraction of sp³-hybridized carbons (Fsp3) is 0.556. The second-order valence-electron chi connectivity index (χ2n) is 6.43. The first-order valence-electron chi connectivity index (χ1n) is 8.30. The summed E-state index contributed by atoms with van der Waals surface area (Å²) in [6, 6.07) is 8.77. The zero-order valence-electron chi connectivity index (χ0n) is 13.9. The van der Waals surface area contributed by atoms with Crippen molar-refractivity contribution in [1.29, 1.82) is 0 Å². The molecule has 126 valence electrons. The summed E-state index contributed by atoms with van der Waals surface area (Å²) in [7, 11) is 0. The third-order valence-corrected chi connectivity index (χ3v) is 3.91. The molecule has 1 aliphatic rings. The van der Waals surface area contributed by atoms with Crippen LogP contribution in [0, 0.1) is 5.92 Å². The Morgan fingerprint density at radius 1 is 1.30 bits per heavy atom. The van der Waals surface area contributed by atoms with Gasteiger partial charge >= 0.3 is 5.97 Å². The standard InChI is InChI=1S/C18H26N2O3/c1-13(2)11-16(20-17(21)15-9-6-10-19-15)18(22)23-12-14-7-4-3-5-8-14/h3-5,7-8,13,15-16,19H,6,9-12H2,1-2H3,(H,20,21)/t15-,16+/m1/s1. The van der Waals surface area contributed by atoms with Crippen LogP contribution in [0.3, 0.4) is 0 Å². The third-order valence-electron chi connectivity index (χ3n) is 3.91. The summed E-state index contributed by atoms with van der Waals surface area (Å²) in [5.74, 6) is -0.181. The summed E-state index contributed by atoms with van der Waals surface area (Å²) >= 11 is 0. The number of carbonyl (C=O) groups excluding carboxylic acids is 2. The molecule has 23 heavy (non-hydrogen) atoms. The Kier molecular flexibility index (Phi) is 6.59. The van der Waals surface area contributed by atoms with Crippen LogP contribution in [0.15, 0.2) is 30.3 Å². The lowest BCUT2D eigenvalue weighted by molar-refractivity contribution is -0.149. The van der Waals surface area contributed by atoms with Crippen molar-refractivity contribution >= 4 is 11.9 Å². The first kappa shape index (κ1) is 17.5. The van der Waals surface area contributed by atoms with Crippen LogP contribution in [0.4, 0.5) is 0 Å². The van der Waals surface area contributed by atoms with Gasteiger partial charge in [-0.3, -0.25) is 4.79 Å². The molecule has 0 aromatic heterocycles. The van der Waals surface area contributed by atoms with E-state index in [9.17, 15) is 9.59 Å². The highest BCUT2D eigenvalue weighted by molar-refractivity contribution is 5.87. The molecule has 0 aliphatic carbocycles. The summed E-state index contributed by atoms with van der Waals surface area (Å²) in [5, 5.41) is 6.00. The van der Waals surface area contributed by atoms with E-state index in [4.69, 9.17) is 4.74 Å². The van der Waals surface area contributed by atoms with Gasteiger partial charge in [-0.25, -0.2) is 4.79 Å². The van der Waals surface area contributed by atoms with E-state index in [0.29, 0.717) is 12.3 Å². The number of nitrogens with one attached hydrogen (secondary N) is 2. The third kappa shape index (κ3) is 5.67. The van der Waals surface area contributed by atoms with Gasteiger partial charge in [0, 0.05) is 0 Å². The van der Waals surface area contributed by atoms with Crippen LogP contribution in [0.2, 0.25) is 0 Å². The van der Waals surface area contributed by atoms with E-state index in [1.807, 2.05) is 44.2 Å². The molecule has 1 heterocycles. The van der Waals surface area contributed by atoms with Crippen LogP contribution in [-0.2, 0) is 20.9 Å². The molecule has 5 nitrogen and oxygen atoms in total. The molecule has 0 bridgehead atoms. The molecule has 1 aromatic rings. The van der Waals surface area contributed by atoms with E-state index in [0.717, 1.165) is 24.9 Å². The molecule has 0 radical (unpaired) electrons. The van der Waals surface area contributed by atoms with Gasteiger partial charge in [-0.1, -0.05) is 44.2 Å². The average Bonchev–Trinajstić information content (AvgIpc) is 3.07. The zero-order valence-corrected chi connectivity index (χ0v) is 13.9. The topological polar surface area (TPSA) is 67.4 Å². The van der Waals surface area contributed by atoms with E-state index in [-0.39, 0.29) is 24.5 Å². The maximum absolute atomic E-state index is 12.3. The molecule has 1 aromatic carbocycles. The predicted octanol–water partition coefficient (Wildman–Crippen LogP) is 2.01. The highest BCUT2D eigenvalue weighted by Gasteiger charge is 2.28. The minimum absolute atomic E-state index is 0.107. The van der Waals surface area contributed by atoms with Gasteiger partial charge in [0.05, 0.1) is 6.04 Å². The largest absolute Gasteiger partial charge is 0.459 e. The number of hydrogen-bond donors (Lipinski definition) is 2. The predicted molar refractivity (Wildman–Crippen MR) is 88.6 cm³/mol. The minimum Gasteiger partial charge on any atom is -0.459 e. The van der Waals surface area contributed by atoms with Crippen molar-refractivity contribution in [1.82, 2.24) is 10.6 Å². The van der Waals surface area contributed by atoms with Gasteiger partial charge in [0.25, 0.3) is 0 Å². The first-order valence-corrected chi connectivity index (χ1v) is 8.30. The molecule has 0 saturated carbocycles. The van der Waals surface area contributed by atoms with Crippen molar-refractivity contribution < 1.29 is 14.3 Å². The monoisotopic (exact) mass is 318 g/mol. The van der Waals surface area contributed by atoms with Crippen LogP contribution in [0.5, 0.6) is 0 Å². The van der Waals surface area contributed by atoms with Crippen LogP contribution in [0.25, 0.3) is 0 Å². The van der Waals surface area contributed by atoms with Crippen LogP contribution < -0.4 is 10.6 Å². The van der Waals surface area contributed by atoms with Gasteiger partial charge in [-0.05, 0) is 37.3 Å². The zero-order chi connectivity index (χ0) is 16.7. The Morgan fingerprint density at radius 3 is 2.65 bits per heavy atom. The van der Waals surface area contributed by atoms with Gasteiger partial charge in [-0.15, -0.1) is 0 Å². The summed E-state index contributed by atoms with van der Waals surface area (Å²) in [5.41, 5.74) is 0.938. The van der Waals surface area contributed by atoms with Gasteiger partial charge < -0.3 is 15.4 Å². The van der Waals surface area contributed by atoms with E-state index >= 15 is 0 Å². The summed E-state index contributed by atoms with van der Waals surface area (Å²) < 4.78 is 5.38. The number of carbonyl (C=O) groups is 2. The van der Waals surface area contributed by atoms with Gasteiger partial charge in [0.15, 0.2) is 0 Å². The Morgan fingerprint density at radius 2 is 2.04 bits per heavy atom. The van der Waals surface area contributed by atoms with Crippen molar-refractivity contribution in [3.63, 3.8) is 0 Å². The minimum atomic E-state index is -0.589. The van der Waals surface area contributed by atoms with Crippen molar-refractivity contribution in [2.24, 2.45) is 5.92 Å². The number of esters is 1. The van der Waals surface area contributed by atoms with Gasteiger partial charge in [-0.2, -0.15) is 0 Å². The molecule has 2 rings (SSSR count). The van der Waals surface area contributed by atoms with Crippen molar-refractivity contribution in [2.45, 2.75) is 51.8 Å². The molecule has 5 heteroatoms. The fourth-order valence-electron chi connectivity index (χ4n) is 2.70. The number of benzene rings is 1. The quantitative estimate of drug-likeness (QED) is 0.755. The lowest BCUT2D eigenvalue weighted by Gasteiger charge is -2.21. The van der Waals surface area contributed by atoms with Gasteiger partial charge in [0.1, 0.15) is 12.6 Å². The summed E-state index contributed by atoms with van der Waals surface area (Å²) in [6.07, 6.45) is 2.39. The fourth-order valence-corrected chi connectivity index (χ4v) is 2.70. The van der Waals surface area contributed by atoms with Crippen LogP contribution in [0.1, 0.15) is 38.7 Å². The number of rotatable bonds is 7. The average molecular weight is 318 g/mol. The van der Waals surface area contributed by atoms with E-state index in [1.54, 1.807) is 0 Å². The van der Waals surface area contributed by atoms with Crippen LogP contribution in [-0.4, -0.2) is 30.5 Å². The molecule has 2 N–H and O–H groups in total. The highest BCUT2D eigenvalue weighted by Crippen LogP contribution is 2.11.